The van der Waals surface area contributed by atoms with E-state index in [-0.39, 0.29) is 22.7 Å². The first-order valence-electron chi connectivity index (χ1n) is 9.47. The SMILES string of the molecule is Cc1ccccc1NC(=O)CSc1nc(C(C)(C)C)nc2c1c(=O)n(C)c(=O)n2C. The van der Waals surface area contributed by atoms with E-state index in [0.717, 1.165) is 27.6 Å². The molecule has 1 aromatic carbocycles. The van der Waals surface area contributed by atoms with Crippen LogP contribution in [0.3, 0.4) is 0 Å². The molecule has 0 aliphatic heterocycles. The Kier molecular flexibility index (Phi) is 5.85. The van der Waals surface area contributed by atoms with E-state index < -0.39 is 16.7 Å². The maximum atomic E-state index is 12.8. The average molecular weight is 428 g/mol. The van der Waals surface area contributed by atoms with Crippen LogP contribution in [-0.2, 0) is 24.3 Å². The van der Waals surface area contributed by atoms with Gasteiger partial charge in [0.15, 0.2) is 5.65 Å². The van der Waals surface area contributed by atoms with Crippen molar-refractivity contribution in [3.05, 3.63) is 56.5 Å². The first-order valence-corrected chi connectivity index (χ1v) is 10.5. The van der Waals surface area contributed by atoms with Gasteiger partial charge in [-0.3, -0.25) is 18.7 Å². The zero-order chi connectivity index (χ0) is 22.2. The van der Waals surface area contributed by atoms with Crippen LogP contribution in [0.25, 0.3) is 11.0 Å². The molecule has 158 valence electrons. The van der Waals surface area contributed by atoms with Crippen molar-refractivity contribution in [3.8, 4) is 0 Å². The Labute approximate surface area is 178 Å². The molecule has 0 saturated heterocycles. The Morgan fingerprint density at radius 3 is 2.40 bits per heavy atom. The molecule has 1 amide bonds. The third kappa shape index (κ3) is 4.16. The van der Waals surface area contributed by atoms with Crippen molar-refractivity contribution in [1.29, 1.82) is 0 Å². The molecule has 9 heteroatoms. The molecule has 0 unspecified atom stereocenters. The predicted molar refractivity (Wildman–Crippen MR) is 119 cm³/mol. The zero-order valence-electron chi connectivity index (χ0n) is 17.9. The highest BCUT2D eigenvalue weighted by molar-refractivity contribution is 8.00. The summed E-state index contributed by atoms with van der Waals surface area (Å²) < 4.78 is 2.37. The number of hydrogen-bond donors (Lipinski definition) is 1. The Hall–Kier alpha value is -2.94. The van der Waals surface area contributed by atoms with Crippen molar-refractivity contribution in [1.82, 2.24) is 19.1 Å². The van der Waals surface area contributed by atoms with Crippen LogP contribution in [-0.4, -0.2) is 30.8 Å². The molecule has 2 heterocycles. The van der Waals surface area contributed by atoms with Crippen LogP contribution in [0.15, 0.2) is 38.9 Å². The van der Waals surface area contributed by atoms with Crippen LogP contribution in [0, 0.1) is 6.92 Å². The van der Waals surface area contributed by atoms with Gasteiger partial charge < -0.3 is 5.32 Å². The number of nitrogens with zero attached hydrogens (tertiary/aromatic N) is 4. The van der Waals surface area contributed by atoms with Crippen LogP contribution in [0.4, 0.5) is 5.69 Å². The van der Waals surface area contributed by atoms with Crippen molar-refractivity contribution in [2.24, 2.45) is 14.1 Å². The highest BCUT2D eigenvalue weighted by Gasteiger charge is 2.24. The van der Waals surface area contributed by atoms with Crippen LogP contribution >= 0.6 is 11.8 Å². The van der Waals surface area contributed by atoms with E-state index in [0.29, 0.717) is 10.9 Å². The molecular formula is C21H25N5O3S. The maximum absolute atomic E-state index is 12.8. The minimum atomic E-state index is -0.477. The minimum absolute atomic E-state index is 0.0655. The highest BCUT2D eigenvalue weighted by atomic mass is 32.2. The number of fused-ring (bicyclic) bond motifs is 1. The minimum Gasteiger partial charge on any atom is -0.325 e. The highest BCUT2D eigenvalue weighted by Crippen LogP contribution is 2.27. The van der Waals surface area contributed by atoms with Crippen LogP contribution < -0.4 is 16.6 Å². The first-order chi connectivity index (χ1) is 14.0. The van der Waals surface area contributed by atoms with Gasteiger partial charge in [-0.25, -0.2) is 14.8 Å². The largest absolute Gasteiger partial charge is 0.332 e. The molecule has 2 aromatic heterocycles. The summed E-state index contributed by atoms with van der Waals surface area (Å²) in [7, 11) is 2.99. The molecule has 0 radical (unpaired) electrons. The van der Waals surface area contributed by atoms with Crippen molar-refractivity contribution in [3.63, 3.8) is 0 Å². The molecule has 0 aliphatic rings. The summed E-state index contributed by atoms with van der Waals surface area (Å²) in [6.45, 7) is 7.77. The number of anilines is 1. The van der Waals surface area contributed by atoms with Gasteiger partial charge in [0.2, 0.25) is 5.91 Å². The van der Waals surface area contributed by atoms with Crippen LogP contribution in [0.1, 0.15) is 32.2 Å². The van der Waals surface area contributed by atoms with Gasteiger partial charge in [0.05, 0.1) is 5.75 Å². The van der Waals surface area contributed by atoms with Gasteiger partial charge in [-0.1, -0.05) is 50.7 Å². The van der Waals surface area contributed by atoms with Crippen LogP contribution in [0.5, 0.6) is 0 Å². The molecule has 0 spiro atoms. The summed E-state index contributed by atoms with van der Waals surface area (Å²) in [6.07, 6.45) is 0. The van der Waals surface area contributed by atoms with Gasteiger partial charge in [0.1, 0.15) is 16.2 Å². The number of aromatic nitrogens is 4. The third-order valence-corrected chi connectivity index (χ3v) is 5.67. The monoisotopic (exact) mass is 427 g/mol. The number of hydrogen-bond acceptors (Lipinski definition) is 6. The smallest absolute Gasteiger partial charge is 0.325 e. The van der Waals surface area contributed by atoms with E-state index in [4.69, 9.17) is 0 Å². The molecule has 1 N–H and O–H groups in total. The van der Waals surface area contributed by atoms with Gasteiger partial charge in [-0.2, -0.15) is 0 Å². The average Bonchev–Trinajstić information content (AvgIpc) is 2.69. The number of carbonyl (C=O) groups is 1. The van der Waals surface area contributed by atoms with Crippen molar-refractivity contribution in [2.75, 3.05) is 11.1 Å². The summed E-state index contributed by atoms with van der Waals surface area (Å²) in [5.74, 6) is 0.357. The lowest BCUT2D eigenvalue weighted by Gasteiger charge is -2.19. The van der Waals surface area contributed by atoms with Gasteiger partial charge >= 0.3 is 5.69 Å². The number of benzene rings is 1. The van der Waals surface area contributed by atoms with Gasteiger partial charge in [-0.05, 0) is 18.6 Å². The number of aryl methyl sites for hydroxylation is 2. The lowest BCUT2D eigenvalue weighted by molar-refractivity contribution is -0.113. The zero-order valence-corrected chi connectivity index (χ0v) is 18.8. The second kappa shape index (κ2) is 8.06. The second-order valence-corrected chi connectivity index (χ2v) is 9.12. The fraction of sp³-hybridized carbons (Fsp3) is 0.381. The summed E-state index contributed by atoms with van der Waals surface area (Å²) in [6, 6.07) is 7.51. The van der Waals surface area contributed by atoms with E-state index in [9.17, 15) is 14.4 Å². The van der Waals surface area contributed by atoms with Gasteiger partial charge in [0.25, 0.3) is 5.56 Å². The molecule has 3 aromatic rings. The lowest BCUT2D eigenvalue weighted by Crippen LogP contribution is -2.38. The number of amides is 1. The normalized spacial score (nSPS) is 11.7. The van der Waals surface area contributed by atoms with E-state index in [1.54, 1.807) is 7.05 Å². The van der Waals surface area contributed by atoms with E-state index in [1.165, 1.54) is 11.6 Å². The molecule has 3 rings (SSSR count). The predicted octanol–water partition coefficient (Wildman–Crippen LogP) is 2.36. The number of rotatable bonds is 4. The topological polar surface area (TPSA) is 98.9 Å². The summed E-state index contributed by atoms with van der Waals surface area (Å²) in [5, 5.41) is 3.51. The van der Waals surface area contributed by atoms with E-state index in [1.807, 2.05) is 52.0 Å². The first kappa shape index (κ1) is 21.8. The fourth-order valence-electron chi connectivity index (χ4n) is 2.90. The number of para-hydroxylation sites is 1. The Balaban J connectivity index is 2.04. The van der Waals surface area contributed by atoms with Crippen molar-refractivity contribution in [2.45, 2.75) is 38.1 Å². The Morgan fingerprint density at radius 1 is 1.10 bits per heavy atom. The maximum Gasteiger partial charge on any atom is 0.332 e. The van der Waals surface area contributed by atoms with E-state index in [2.05, 4.69) is 15.3 Å². The summed E-state index contributed by atoms with van der Waals surface area (Å²) >= 11 is 1.16. The Morgan fingerprint density at radius 2 is 1.77 bits per heavy atom. The quantitative estimate of drug-likeness (QED) is 0.507. The van der Waals surface area contributed by atoms with Crippen LogP contribution in [0.2, 0.25) is 0 Å². The lowest BCUT2D eigenvalue weighted by atomic mass is 9.96. The van der Waals surface area contributed by atoms with Crippen molar-refractivity contribution < 1.29 is 4.79 Å². The van der Waals surface area contributed by atoms with Crippen molar-refractivity contribution >= 4 is 34.4 Å². The standard InChI is InChI=1S/C21H25N5O3S/c1-12-9-7-8-10-13(12)22-14(27)11-30-17-15-16(23-19(24-17)21(2,3)4)25(5)20(29)26(6)18(15)28/h7-10H,11H2,1-6H3,(H,22,27). The van der Waals surface area contributed by atoms with E-state index >= 15 is 0 Å². The summed E-state index contributed by atoms with van der Waals surface area (Å²) in [4.78, 5) is 46.8. The molecule has 30 heavy (non-hydrogen) atoms. The molecule has 0 bridgehead atoms. The molecule has 0 saturated carbocycles. The molecule has 0 atom stereocenters. The number of nitrogens with one attached hydrogen (secondary N) is 1. The van der Waals surface area contributed by atoms with Gasteiger partial charge in [0, 0.05) is 25.2 Å². The fourth-order valence-corrected chi connectivity index (χ4v) is 3.72. The molecule has 8 nitrogen and oxygen atoms in total. The summed E-state index contributed by atoms with van der Waals surface area (Å²) in [5.41, 5.74) is 0.635. The number of carbonyl (C=O) groups excluding carboxylic acids is 1. The molecular weight excluding hydrogens is 402 g/mol. The Bertz CT molecular complexity index is 1250. The third-order valence-electron chi connectivity index (χ3n) is 4.70. The van der Waals surface area contributed by atoms with Gasteiger partial charge in [-0.15, -0.1) is 0 Å². The molecule has 0 aliphatic carbocycles. The molecule has 0 fully saturated rings. The number of thioether (sulfide) groups is 1. The second-order valence-electron chi connectivity index (χ2n) is 8.16.